The largest absolute Gasteiger partial charge is 0.511 e. The summed E-state index contributed by atoms with van der Waals surface area (Å²) in [7, 11) is 0. The normalized spacial score (nSPS) is 22.5. The molecule has 3 nitrogen and oxygen atoms in total. The van der Waals surface area contributed by atoms with E-state index in [-0.39, 0.29) is 28.7 Å². The van der Waals surface area contributed by atoms with Crippen LogP contribution in [-0.4, -0.2) is 16.2 Å². The quantitative estimate of drug-likeness (QED) is 0.481. The predicted molar refractivity (Wildman–Crippen MR) is 83.1 cm³/mol. The van der Waals surface area contributed by atoms with Crippen LogP contribution in [0.4, 0.5) is 0 Å². The van der Waals surface area contributed by atoms with Crippen LogP contribution in [0.5, 0.6) is 0 Å². The topological polar surface area (TPSA) is 57.5 Å². The van der Waals surface area contributed by atoms with E-state index in [2.05, 4.69) is 0 Å². The Hall–Kier alpha value is -1.64. The van der Waals surface area contributed by atoms with E-state index in [4.69, 9.17) is 5.11 Å². The minimum Gasteiger partial charge on any atom is -0.511 e. The number of allylic oxidation sites excluding steroid dienone is 6. The molecule has 1 aromatic carbocycles. The fraction of sp³-hybridized carbons (Fsp3) is 0.333. The molecule has 0 radical (unpaired) electrons. The zero-order valence-electron chi connectivity index (χ0n) is 12.3. The van der Waals surface area contributed by atoms with E-state index in [9.17, 15) is 9.90 Å². The van der Waals surface area contributed by atoms with E-state index in [0.29, 0.717) is 6.42 Å². The first kappa shape index (κ1) is 18.4. The summed E-state index contributed by atoms with van der Waals surface area (Å²) < 4.78 is 0. The van der Waals surface area contributed by atoms with Gasteiger partial charge in [0, 0.05) is 28.6 Å². The third-order valence-corrected chi connectivity index (χ3v) is 3.95. The molecule has 1 aromatic rings. The predicted octanol–water partition coefficient (Wildman–Crippen LogP) is 4.22. The molecule has 2 aliphatic rings. The summed E-state index contributed by atoms with van der Waals surface area (Å²) in [5.41, 5.74) is 0.762. The zero-order chi connectivity index (χ0) is 15.1. The van der Waals surface area contributed by atoms with Crippen molar-refractivity contribution < 1.29 is 32.1 Å². The van der Waals surface area contributed by atoms with Gasteiger partial charge in [-0.15, -0.1) is 0 Å². The maximum absolute atomic E-state index is 11.1. The first-order valence-corrected chi connectivity index (χ1v) is 7.37. The Morgan fingerprint density at radius 2 is 1.55 bits per heavy atom. The molecule has 2 aliphatic carbocycles. The first-order valence-electron chi connectivity index (χ1n) is 7.37. The average Bonchev–Trinajstić information content (AvgIpc) is 3.21. The molecule has 1 saturated carbocycles. The minimum absolute atomic E-state index is 0. The van der Waals surface area contributed by atoms with Crippen LogP contribution in [0.1, 0.15) is 25.7 Å². The summed E-state index contributed by atoms with van der Waals surface area (Å²) in [6.07, 6.45) is 10.7. The van der Waals surface area contributed by atoms with Gasteiger partial charge in [0.25, 0.3) is 0 Å². The Kier molecular flexibility index (Phi) is 7.86. The maximum Gasteiger partial charge on any atom is 0.307 e. The van der Waals surface area contributed by atoms with E-state index in [1.54, 1.807) is 0 Å². The third-order valence-electron chi connectivity index (χ3n) is 3.95. The number of hydrogen-bond donors (Lipinski definition) is 2. The molecule has 2 N–H and O–H groups in total. The molecule has 22 heavy (non-hydrogen) atoms. The molecule has 120 valence electrons. The number of aliphatic hydroxyl groups is 1. The van der Waals surface area contributed by atoms with E-state index in [1.165, 1.54) is 0 Å². The van der Waals surface area contributed by atoms with Gasteiger partial charge >= 0.3 is 5.97 Å². The number of rotatable bonds is 2. The molecule has 0 spiro atoms. The van der Waals surface area contributed by atoms with Crippen LogP contribution in [0.3, 0.4) is 0 Å². The third kappa shape index (κ3) is 4.97. The van der Waals surface area contributed by atoms with Crippen molar-refractivity contribution in [3.8, 4) is 0 Å². The molecule has 0 aliphatic heterocycles. The van der Waals surface area contributed by atoms with Gasteiger partial charge in [0.05, 0.1) is 5.92 Å². The SMILES string of the molecule is O=C(O)[C@@H]1CCCC[C@@H]1C(O)=C1C=CC=C1.[Fe].c1cc[cH-]c1. The molecule has 4 heteroatoms. The zero-order valence-corrected chi connectivity index (χ0v) is 13.4. The van der Waals surface area contributed by atoms with Crippen molar-refractivity contribution in [3.05, 3.63) is 66.0 Å². The van der Waals surface area contributed by atoms with E-state index < -0.39 is 11.9 Å². The van der Waals surface area contributed by atoms with Gasteiger partial charge in [-0.25, -0.2) is 12.1 Å². The molecule has 0 saturated heterocycles. The molecule has 0 heterocycles. The van der Waals surface area contributed by atoms with Crippen molar-refractivity contribution in [1.29, 1.82) is 0 Å². The molecule has 1 fully saturated rings. The number of carboxylic acid groups (broad SMARTS) is 1. The van der Waals surface area contributed by atoms with Crippen molar-refractivity contribution in [3.63, 3.8) is 0 Å². The van der Waals surface area contributed by atoms with Crippen molar-refractivity contribution in [2.45, 2.75) is 25.7 Å². The fourth-order valence-electron chi connectivity index (χ4n) is 2.83. The second-order valence-corrected chi connectivity index (χ2v) is 5.36. The van der Waals surface area contributed by atoms with E-state index >= 15 is 0 Å². The second kappa shape index (κ2) is 9.39. The van der Waals surface area contributed by atoms with Crippen LogP contribution >= 0.6 is 0 Å². The van der Waals surface area contributed by atoms with Crippen molar-refractivity contribution >= 4 is 5.97 Å². The van der Waals surface area contributed by atoms with Crippen LogP contribution in [0.2, 0.25) is 0 Å². The Balaban J connectivity index is 0.000000344. The maximum atomic E-state index is 11.1. The van der Waals surface area contributed by atoms with Gasteiger partial charge in [-0.05, 0) is 12.8 Å². The summed E-state index contributed by atoms with van der Waals surface area (Å²) in [6.45, 7) is 0. The van der Waals surface area contributed by atoms with Gasteiger partial charge in [-0.3, -0.25) is 4.79 Å². The number of hydrogen-bond acceptors (Lipinski definition) is 2. The Morgan fingerprint density at radius 1 is 1.00 bits per heavy atom. The van der Waals surface area contributed by atoms with Crippen LogP contribution in [0.25, 0.3) is 0 Å². The van der Waals surface area contributed by atoms with Gasteiger partial charge in [-0.1, -0.05) is 37.1 Å². The van der Waals surface area contributed by atoms with Gasteiger partial charge in [-0.2, -0.15) is 18.2 Å². The van der Waals surface area contributed by atoms with Crippen molar-refractivity contribution in [2.75, 3.05) is 0 Å². The van der Waals surface area contributed by atoms with Gasteiger partial charge < -0.3 is 10.2 Å². The summed E-state index contributed by atoms with van der Waals surface area (Å²) in [5.74, 6) is -1.18. The van der Waals surface area contributed by atoms with Crippen molar-refractivity contribution in [2.24, 2.45) is 11.8 Å². The minimum atomic E-state index is -0.789. The summed E-state index contributed by atoms with van der Waals surface area (Å²) >= 11 is 0. The first-order chi connectivity index (χ1) is 10.2. The van der Waals surface area contributed by atoms with Crippen molar-refractivity contribution in [1.82, 2.24) is 0 Å². The molecular formula is C18H21FeO3-. The van der Waals surface area contributed by atoms with Gasteiger partial charge in [0.1, 0.15) is 5.76 Å². The Bertz CT molecular complexity index is 509. The standard InChI is InChI=1S/C13H16O3.C5H5.Fe/c14-12(9-5-1-2-6-9)10-7-3-4-8-11(10)13(15)16;1-2-4-5-3-1;/h1-2,5-6,10-11,14H,3-4,7-8H2,(H,15,16);1-5H;/q;-1;/t10-,11+;;/m0../s1. The number of aliphatic hydroxyl groups excluding tert-OH is 1. The molecule has 2 atom stereocenters. The molecule has 0 unspecified atom stereocenters. The number of carboxylic acids is 1. The van der Waals surface area contributed by atoms with Gasteiger partial charge in [0.2, 0.25) is 0 Å². The number of carbonyl (C=O) groups is 1. The summed E-state index contributed by atoms with van der Waals surface area (Å²) in [6, 6.07) is 10.0. The Morgan fingerprint density at radius 3 is 2.00 bits per heavy atom. The fourth-order valence-corrected chi connectivity index (χ4v) is 2.83. The monoisotopic (exact) mass is 341 g/mol. The molecule has 0 bridgehead atoms. The second-order valence-electron chi connectivity index (χ2n) is 5.36. The van der Waals surface area contributed by atoms with Crippen LogP contribution < -0.4 is 0 Å². The molecule has 0 amide bonds. The molecule has 3 rings (SSSR count). The van der Waals surface area contributed by atoms with Gasteiger partial charge in [0.15, 0.2) is 0 Å². The smallest absolute Gasteiger partial charge is 0.307 e. The Labute approximate surface area is 141 Å². The van der Waals surface area contributed by atoms with Crippen LogP contribution in [0, 0.1) is 11.8 Å². The summed E-state index contributed by atoms with van der Waals surface area (Å²) in [5, 5.41) is 19.2. The van der Waals surface area contributed by atoms with Crippen LogP contribution in [-0.2, 0) is 21.9 Å². The molecular weight excluding hydrogens is 320 g/mol. The molecule has 0 aromatic heterocycles. The van der Waals surface area contributed by atoms with Crippen LogP contribution in [0.15, 0.2) is 66.0 Å². The average molecular weight is 341 g/mol. The van der Waals surface area contributed by atoms with E-state index in [1.807, 2.05) is 54.6 Å². The number of aliphatic carboxylic acids is 1. The van der Waals surface area contributed by atoms with E-state index in [0.717, 1.165) is 24.8 Å². The summed E-state index contributed by atoms with van der Waals surface area (Å²) in [4.78, 5) is 11.1.